The fourth-order valence-electron chi connectivity index (χ4n) is 2.35. The van der Waals surface area contributed by atoms with Crippen molar-refractivity contribution in [2.75, 3.05) is 12.5 Å². The summed E-state index contributed by atoms with van der Waals surface area (Å²) in [5, 5.41) is 13.1. The van der Waals surface area contributed by atoms with E-state index in [1.165, 1.54) is 11.1 Å². The van der Waals surface area contributed by atoms with E-state index in [1.807, 2.05) is 86.6 Å². The maximum atomic E-state index is 5.22. The maximum absolute atomic E-state index is 5.22. The standard InChI is InChI=1S/C22H22N4O/c1-16-4-10-19(11-5-16)23-25-22(18-8-14-21(27-3)15-9-18)26-24-20-12-6-17(2)7-13-20/h4-15,23H,1-3H3/b25-22+,26-24?. The molecular weight excluding hydrogens is 336 g/mol. The molecule has 5 nitrogen and oxygen atoms in total. The van der Waals surface area contributed by atoms with Crippen LogP contribution in [0.2, 0.25) is 0 Å². The molecule has 0 aliphatic carbocycles. The van der Waals surface area contributed by atoms with Crippen molar-refractivity contribution >= 4 is 17.2 Å². The zero-order valence-electron chi connectivity index (χ0n) is 15.7. The van der Waals surface area contributed by atoms with Crippen molar-refractivity contribution in [3.8, 4) is 5.75 Å². The summed E-state index contributed by atoms with van der Waals surface area (Å²) >= 11 is 0. The Bertz CT molecular complexity index is 928. The minimum absolute atomic E-state index is 0.485. The number of methoxy groups -OCH3 is 1. The van der Waals surface area contributed by atoms with Crippen molar-refractivity contribution in [1.29, 1.82) is 0 Å². The predicted molar refractivity (Wildman–Crippen MR) is 110 cm³/mol. The quantitative estimate of drug-likeness (QED) is 0.268. The molecule has 0 aliphatic rings. The van der Waals surface area contributed by atoms with Crippen LogP contribution in [-0.4, -0.2) is 12.9 Å². The average molecular weight is 358 g/mol. The Balaban J connectivity index is 1.87. The Kier molecular flexibility index (Phi) is 5.94. The van der Waals surface area contributed by atoms with E-state index in [0.29, 0.717) is 5.84 Å². The van der Waals surface area contributed by atoms with E-state index in [4.69, 9.17) is 4.74 Å². The minimum Gasteiger partial charge on any atom is -0.497 e. The Hall–Kier alpha value is -3.47. The first-order chi connectivity index (χ1) is 13.1. The smallest absolute Gasteiger partial charge is 0.201 e. The molecule has 0 spiro atoms. The van der Waals surface area contributed by atoms with E-state index in [9.17, 15) is 0 Å². The molecule has 0 atom stereocenters. The predicted octanol–water partition coefficient (Wildman–Crippen LogP) is 5.87. The second kappa shape index (κ2) is 8.76. The van der Waals surface area contributed by atoms with Gasteiger partial charge in [-0.2, -0.15) is 5.10 Å². The van der Waals surface area contributed by atoms with Crippen LogP contribution in [0.25, 0.3) is 0 Å². The van der Waals surface area contributed by atoms with Gasteiger partial charge in [-0.15, -0.1) is 10.2 Å². The first kappa shape index (κ1) is 18.3. The Morgan fingerprint density at radius 2 is 1.37 bits per heavy atom. The third kappa shape index (κ3) is 5.25. The molecule has 0 saturated carbocycles. The molecule has 3 rings (SSSR count). The lowest BCUT2D eigenvalue weighted by molar-refractivity contribution is 0.415. The van der Waals surface area contributed by atoms with E-state index in [-0.39, 0.29) is 0 Å². The normalized spacial score (nSPS) is 11.6. The summed E-state index contributed by atoms with van der Waals surface area (Å²) in [6, 6.07) is 23.4. The van der Waals surface area contributed by atoms with Gasteiger partial charge in [0.15, 0.2) is 0 Å². The number of anilines is 1. The molecule has 3 aromatic rings. The first-order valence-electron chi connectivity index (χ1n) is 8.67. The molecule has 0 aromatic heterocycles. The van der Waals surface area contributed by atoms with Gasteiger partial charge in [0, 0.05) is 5.56 Å². The second-order valence-corrected chi connectivity index (χ2v) is 6.18. The van der Waals surface area contributed by atoms with Crippen molar-refractivity contribution in [3.63, 3.8) is 0 Å². The summed E-state index contributed by atoms with van der Waals surface area (Å²) in [5.74, 6) is 1.26. The summed E-state index contributed by atoms with van der Waals surface area (Å²) in [5.41, 5.74) is 7.92. The van der Waals surface area contributed by atoms with Gasteiger partial charge in [0.1, 0.15) is 5.75 Å². The third-order valence-corrected chi connectivity index (χ3v) is 3.98. The monoisotopic (exact) mass is 358 g/mol. The van der Waals surface area contributed by atoms with Crippen molar-refractivity contribution in [2.45, 2.75) is 13.8 Å². The van der Waals surface area contributed by atoms with E-state index in [2.05, 4.69) is 20.8 Å². The molecule has 0 unspecified atom stereocenters. The van der Waals surface area contributed by atoms with Gasteiger partial charge in [-0.05, 0) is 62.4 Å². The molecule has 0 fully saturated rings. The maximum Gasteiger partial charge on any atom is 0.201 e. The summed E-state index contributed by atoms with van der Waals surface area (Å²) in [6.45, 7) is 4.09. The molecule has 5 heteroatoms. The number of amidine groups is 1. The van der Waals surface area contributed by atoms with Crippen LogP contribution in [0.4, 0.5) is 11.4 Å². The van der Waals surface area contributed by atoms with Crippen LogP contribution >= 0.6 is 0 Å². The van der Waals surface area contributed by atoms with Crippen molar-refractivity contribution in [2.24, 2.45) is 15.3 Å². The number of ether oxygens (including phenoxy) is 1. The number of rotatable bonds is 5. The van der Waals surface area contributed by atoms with E-state index in [0.717, 1.165) is 22.7 Å². The molecule has 0 heterocycles. The molecule has 0 radical (unpaired) electrons. The molecule has 0 amide bonds. The van der Waals surface area contributed by atoms with Gasteiger partial charge in [-0.3, -0.25) is 5.43 Å². The number of hydrogen-bond acceptors (Lipinski definition) is 4. The van der Waals surface area contributed by atoms with Crippen LogP contribution in [0.1, 0.15) is 16.7 Å². The van der Waals surface area contributed by atoms with Crippen LogP contribution in [0.5, 0.6) is 5.75 Å². The van der Waals surface area contributed by atoms with E-state index >= 15 is 0 Å². The number of hydrazone groups is 1. The fraction of sp³-hybridized carbons (Fsp3) is 0.136. The summed E-state index contributed by atoms with van der Waals surface area (Å²) < 4.78 is 5.22. The number of nitrogens with zero attached hydrogens (tertiary/aromatic N) is 3. The molecule has 0 bridgehead atoms. The Morgan fingerprint density at radius 3 is 1.96 bits per heavy atom. The van der Waals surface area contributed by atoms with E-state index < -0.39 is 0 Å². The van der Waals surface area contributed by atoms with Crippen LogP contribution in [0, 0.1) is 13.8 Å². The number of benzene rings is 3. The fourth-order valence-corrected chi connectivity index (χ4v) is 2.35. The van der Waals surface area contributed by atoms with Gasteiger partial charge >= 0.3 is 0 Å². The lowest BCUT2D eigenvalue weighted by atomic mass is 10.2. The molecule has 0 aliphatic heterocycles. The average Bonchev–Trinajstić information content (AvgIpc) is 2.71. The lowest BCUT2D eigenvalue weighted by Gasteiger charge is -2.05. The second-order valence-electron chi connectivity index (χ2n) is 6.18. The number of hydrogen-bond donors (Lipinski definition) is 1. The molecule has 0 saturated heterocycles. The summed E-state index contributed by atoms with van der Waals surface area (Å²) in [7, 11) is 1.64. The molecule has 27 heavy (non-hydrogen) atoms. The van der Waals surface area contributed by atoms with Crippen molar-refractivity contribution < 1.29 is 4.74 Å². The highest BCUT2D eigenvalue weighted by Crippen LogP contribution is 2.17. The molecular formula is C22H22N4O. The van der Waals surface area contributed by atoms with Crippen LogP contribution in [0.15, 0.2) is 88.1 Å². The van der Waals surface area contributed by atoms with Crippen LogP contribution in [-0.2, 0) is 0 Å². The van der Waals surface area contributed by atoms with Gasteiger partial charge in [0.05, 0.1) is 18.5 Å². The summed E-state index contributed by atoms with van der Waals surface area (Å²) in [6.07, 6.45) is 0. The van der Waals surface area contributed by atoms with Crippen LogP contribution < -0.4 is 10.2 Å². The zero-order valence-corrected chi connectivity index (χ0v) is 15.7. The van der Waals surface area contributed by atoms with Gasteiger partial charge in [0.25, 0.3) is 0 Å². The highest BCUT2D eigenvalue weighted by atomic mass is 16.5. The molecule has 136 valence electrons. The first-order valence-corrected chi connectivity index (χ1v) is 8.67. The highest BCUT2D eigenvalue weighted by molar-refractivity contribution is 5.99. The number of nitrogens with one attached hydrogen (secondary N) is 1. The molecule has 3 aromatic carbocycles. The lowest BCUT2D eigenvalue weighted by Crippen LogP contribution is -2.01. The van der Waals surface area contributed by atoms with Gasteiger partial charge < -0.3 is 4.74 Å². The van der Waals surface area contributed by atoms with Gasteiger partial charge in [-0.25, -0.2) is 0 Å². The third-order valence-electron chi connectivity index (χ3n) is 3.98. The van der Waals surface area contributed by atoms with E-state index in [1.54, 1.807) is 7.11 Å². The zero-order chi connectivity index (χ0) is 19.1. The Labute approximate surface area is 159 Å². The SMILES string of the molecule is COc1ccc(/C(N=Nc2ccc(C)cc2)=N\Nc2ccc(C)cc2)cc1. The van der Waals surface area contributed by atoms with Crippen molar-refractivity contribution in [3.05, 3.63) is 89.5 Å². The molecule has 1 N–H and O–H groups in total. The van der Waals surface area contributed by atoms with Gasteiger partial charge in [0.2, 0.25) is 5.84 Å². The number of aryl methyl sites for hydroxylation is 2. The minimum atomic E-state index is 0.485. The topological polar surface area (TPSA) is 58.3 Å². The van der Waals surface area contributed by atoms with Crippen LogP contribution in [0.3, 0.4) is 0 Å². The largest absolute Gasteiger partial charge is 0.497 e. The van der Waals surface area contributed by atoms with Gasteiger partial charge in [-0.1, -0.05) is 35.4 Å². The summed E-state index contributed by atoms with van der Waals surface area (Å²) in [4.78, 5) is 0. The Morgan fingerprint density at radius 1 is 0.778 bits per heavy atom. The highest BCUT2D eigenvalue weighted by Gasteiger charge is 2.04. The number of azo groups is 1. The van der Waals surface area contributed by atoms with Crippen molar-refractivity contribution in [1.82, 2.24) is 0 Å².